The number of H-pyrrole nitrogens is 1. The second-order valence-electron chi connectivity index (χ2n) is 9.30. The maximum atomic E-state index is 14.2. The van der Waals surface area contributed by atoms with Crippen molar-refractivity contribution in [1.29, 1.82) is 0 Å². The van der Waals surface area contributed by atoms with E-state index in [0.29, 0.717) is 29.6 Å². The highest BCUT2D eigenvalue weighted by Gasteiger charge is 2.21. The van der Waals surface area contributed by atoms with E-state index in [1.54, 1.807) is 12.3 Å². The Hall–Kier alpha value is -3.40. The van der Waals surface area contributed by atoms with Gasteiger partial charge in [-0.2, -0.15) is 0 Å². The highest BCUT2D eigenvalue weighted by molar-refractivity contribution is 6.05. The Morgan fingerprint density at radius 1 is 0.938 bits per heavy atom. The highest BCUT2D eigenvalue weighted by atomic mass is 19.1. The van der Waals surface area contributed by atoms with E-state index in [4.69, 9.17) is 0 Å². The minimum absolute atomic E-state index is 0.0716. The molecule has 4 rings (SSSR count). The fourth-order valence-corrected chi connectivity index (χ4v) is 3.97. The first kappa shape index (κ1) is 21.8. The van der Waals surface area contributed by atoms with Gasteiger partial charge in [0.1, 0.15) is 5.82 Å². The molecule has 3 aromatic carbocycles. The number of amides is 1. The van der Waals surface area contributed by atoms with Crippen LogP contribution in [0.5, 0.6) is 0 Å². The molecule has 0 spiro atoms. The molecule has 164 valence electrons. The summed E-state index contributed by atoms with van der Waals surface area (Å²) >= 11 is 0. The molecule has 0 aliphatic rings. The van der Waals surface area contributed by atoms with Crippen LogP contribution in [0, 0.1) is 5.82 Å². The fourth-order valence-electron chi connectivity index (χ4n) is 3.97. The standard InChI is InChI=1S/C28H29FN2O/c1-28(2,3)23-11-9-21(10-12-23)19-31(16-14-20-7-5-4-6-8-20)27(32)25-18-24(29)17-22-13-15-30-26(22)25/h4-13,15,17-18,30H,14,16,19H2,1-3H3. The van der Waals surface area contributed by atoms with Crippen molar-refractivity contribution in [2.45, 2.75) is 39.2 Å². The van der Waals surface area contributed by atoms with Crippen LogP contribution in [0.1, 0.15) is 47.8 Å². The van der Waals surface area contributed by atoms with Crippen molar-refractivity contribution >= 4 is 16.8 Å². The van der Waals surface area contributed by atoms with Crippen LogP contribution in [0.4, 0.5) is 4.39 Å². The van der Waals surface area contributed by atoms with Gasteiger partial charge in [0.25, 0.3) is 5.91 Å². The first-order chi connectivity index (χ1) is 15.3. The van der Waals surface area contributed by atoms with Crippen LogP contribution in [-0.4, -0.2) is 22.3 Å². The van der Waals surface area contributed by atoms with Crippen molar-refractivity contribution < 1.29 is 9.18 Å². The Morgan fingerprint density at radius 2 is 1.66 bits per heavy atom. The van der Waals surface area contributed by atoms with E-state index < -0.39 is 5.82 Å². The van der Waals surface area contributed by atoms with Gasteiger partial charge in [-0.3, -0.25) is 4.79 Å². The summed E-state index contributed by atoms with van der Waals surface area (Å²) in [6, 6.07) is 23.1. The Kier molecular flexibility index (Phi) is 6.13. The van der Waals surface area contributed by atoms with Gasteiger partial charge in [-0.15, -0.1) is 0 Å². The molecule has 0 aliphatic heterocycles. The van der Waals surface area contributed by atoms with Gasteiger partial charge in [0.05, 0.1) is 11.1 Å². The largest absolute Gasteiger partial charge is 0.361 e. The lowest BCUT2D eigenvalue weighted by Crippen LogP contribution is -2.33. The summed E-state index contributed by atoms with van der Waals surface area (Å²) in [5.74, 6) is -0.578. The summed E-state index contributed by atoms with van der Waals surface area (Å²) in [7, 11) is 0. The maximum absolute atomic E-state index is 14.2. The average molecular weight is 429 g/mol. The predicted molar refractivity (Wildman–Crippen MR) is 128 cm³/mol. The van der Waals surface area contributed by atoms with Gasteiger partial charge in [-0.1, -0.05) is 75.4 Å². The van der Waals surface area contributed by atoms with E-state index >= 15 is 0 Å². The molecule has 0 saturated carbocycles. The number of rotatable bonds is 6. The van der Waals surface area contributed by atoms with Crippen LogP contribution in [0.15, 0.2) is 79.0 Å². The summed E-state index contributed by atoms with van der Waals surface area (Å²) in [5, 5.41) is 0.700. The Morgan fingerprint density at radius 3 is 2.34 bits per heavy atom. The molecule has 0 fully saturated rings. The molecule has 1 aromatic heterocycles. The van der Waals surface area contributed by atoms with Gasteiger partial charge >= 0.3 is 0 Å². The zero-order valence-electron chi connectivity index (χ0n) is 18.9. The number of benzene rings is 3. The van der Waals surface area contributed by atoms with Crippen LogP contribution in [0.25, 0.3) is 10.9 Å². The van der Waals surface area contributed by atoms with E-state index in [9.17, 15) is 9.18 Å². The van der Waals surface area contributed by atoms with E-state index in [0.717, 1.165) is 17.5 Å². The van der Waals surface area contributed by atoms with E-state index in [-0.39, 0.29) is 11.3 Å². The van der Waals surface area contributed by atoms with Crippen molar-refractivity contribution in [3.63, 3.8) is 0 Å². The molecule has 0 aliphatic carbocycles. The van der Waals surface area contributed by atoms with Gasteiger partial charge in [-0.25, -0.2) is 4.39 Å². The molecule has 0 radical (unpaired) electrons. The van der Waals surface area contributed by atoms with E-state index in [1.807, 2.05) is 23.1 Å². The molecule has 0 atom stereocenters. The average Bonchev–Trinajstić information content (AvgIpc) is 3.24. The number of aromatic amines is 1. The summed E-state index contributed by atoms with van der Waals surface area (Å²) in [6.45, 7) is 7.56. The number of nitrogens with one attached hydrogen (secondary N) is 1. The third kappa shape index (κ3) is 4.91. The molecule has 4 aromatic rings. The maximum Gasteiger partial charge on any atom is 0.256 e. The predicted octanol–water partition coefficient (Wildman–Crippen LogP) is 6.49. The smallest absolute Gasteiger partial charge is 0.256 e. The van der Waals surface area contributed by atoms with Gasteiger partial charge < -0.3 is 9.88 Å². The highest BCUT2D eigenvalue weighted by Crippen LogP contribution is 2.24. The van der Waals surface area contributed by atoms with E-state index in [2.05, 4.69) is 62.2 Å². The number of aromatic nitrogens is 1. The molecular formula is C28H29FN2O. The number of hydrogen-bond acceptors (Lipinski definition) is 1. The van der Waals surface area contributed by atoms with Gasteiger partial charge in [0.2, 0.25) is 0 Å². The summed E-state index contributed by atoms with van der Waals surface area (Å²) in [6.07, 6.45) is 2.47. The lowest BCUT2D eigenvalue weighted by molar-refractivity contribution is 0.0746. The van der Waals surface area contributed by atoms with Crippen molar-refractivity contribution in [3.05, 3.63) is 107 Å². The topological polar surface area (TPSA) is 36.1 Å². The number of nitrogens with zero attached hydrogens (tertiary/aromatic N) is 1. The van der Waals surface area contributed by atoms with Crippen molar-refractivity contribution in [2.75, 3.05) is 6.54 Å². The third-order valence-electron chi connectivity index (χ3n) is 5.85. The quantitative estimate of drug-likeness (QED) is 0.374. The molecule has 1 heterocycles. The second-order valence-corrected chi connectivity index (χ2v) is 9.30. The second kappa shape index (κ2) is 8.99. The normalized spacial score (nSPS) is 11.6. The molecule has 32 heavy (non-hydrogen) atoms. The van der Waals surface area contributed by atoms with Crippen LogP contribution < -0.4 is 0 Å². The minimum atomic E-state index is -0.405. The van der Waals surface area contributed by atoms with Gasteiger partial charge in [0, 0.05) is 24.7 Å². The zero-order valence-corrected chi connectivity index (χ0v) is 18.9. The molecule has 1 amide bonds. The first-order valence-electron chi connectivity index (χ1n) is 11.0. The number of fused-ring (bicyclic) bond motifs is 1. The summed E-state index contributed by atoms with van der Waals surface area (Å²) in [5.41, 5.74) is 4.58. The summed E-state index contributed by atoms with van der Waals surface area (Å²) < 4.78 is 14.2. The number of hydrogen-bond donors (Lipinski definition) is 1. The van der Waals surface area contributed by atoms with Crippen molar-refractivity contribution in [3.8, 4) is 0 Å². The van der Waals surface area contributed by atoms with Crippen LogP contribution in [0.2, 0.25) is 0 Å². The number of carbonyl (C=O) groups excluding carboxylic acids is 1. The van der Waals surface area contributed by atoms with E-state index in [1.165, 1.54) is 17.7 Å². The zero-order chi connectivity index (χ0) is 22.7. The van der Waals surface area contributed by atoms with Crippen molar-refractivity contribution in [1.82, 2.24) is 9.88 Å². The van der Waals surface area contributed by atoms with Crippen LogP contribution in [-0.2, 0) is 18.4 Å². The molecule has 0 unspecified atom stereocenters. The molecular weight excluding hydrogens is 399 g/mol. The van der Waals surface area contributed by atoms with Crippen molar-refractivity contribution in [2.24, 2.45) is 0 Å². The molecule has 0 bridgehead atoms. The van der Waals surface area contributed by atoms with Crippen LogP contribution >= 0.6 is 0 Å². The Bertz CT molecular complexity index is 1200. The fraction of sp³-hybridized carbons (Fsp3) is 0.250. The first-order valence-corrected chi connectivity index (χ1v) is 11.0. The van der Waals surface area contributed by atoms with Gasteiger partial charge in [0.15, 0.2) is 0 Å². The monoisotopic (exact) mass is 428 g/mol. The molecule has 4 heteroatoms. The third-order valence-corrected chi connectivity index (χ3v) is 5.85. The SMILES string of the molecule is CC(C)(C)c1ccc(CN(CCc2ccccc2)C(=O)c2cc(F)cc3cc[nH]c23)cc1. The Balaban J connectivity index is 1.63. The molecule has 1 N–H and O–H groups in total. The number of halogens is 1. The van der Waals surface area contributed by atoms with Gasteiger partial charge in [-0.05, 0) is 46.7 Å². The lowest BCUT2D eigenvalue weighted by atomic mass is 9.87. The Labute approximate surface area is 188 Å². The number of carbonyl (C=O) groups is 1. The summed E-state index contributed by atoms with van der Waals surface area (Å²) in [4.78, 5) is 18.5. The molecule has 3 nitrogen and oxygen atoms in total. The minimum Gasteiger partial charge on any atom is -0.361 e. The lowest BCUT2D eigenvalue weighted by Gasteiger charge is -2.24. The van der Waals surface area contributed by atoms with Crippen LogP contribution in [0.3, 0.4) is 0 Å². The molecule has 0 saturated heterocycles.